The van der Waals surface area contributed by atoms with Crippen LogP contribution in [0.15, 0.2) is 68.8 Å². The molecular weight excluding hydrogens is 540 g/mol. The van der Waals surface area contributed by atoms with E-state index in [4.69, 9.17) is 30.8 Å². The van der Waals surface area contributed by atoms with Gasteiger partial charge in [0.05, 0.1) is 46.6 Å². The Kier molecular flexibility index (Phi) is 6.95. The number of halogens is 1. The largest absolute Gasteiger partial charge is 0.472 e. The van der Waals surface area contributed by atoms with Gasteiger partial charge in [-0.25, -0.2) is 22.9 Å². The molecule has 2 aromatic carbocycles. The number of aliphatic imine (C=N–C) groups is 1. The van der Waals surface area contributed by atoms with Crippen molar-refractivity contribution in [1.82, 2.24) is 9.29 Å². The predicted molar refractivity (Wildman–Crippen MR) is 150 cm³/mol. The number of pyridine rings is 1. The van der Waals surface area contributed by atoms with Crippen molar-refractivity contribution >= 4 is 33.1 Å². The molecule has 11 heteroatoms. The Hall–Kier alpha value is -2.86. The molecule has 5 atom stereocenters. The molecule has 1 N–H and O–H groups in total. The summed E-state index contributed by atoms with van der Waals surface area (Å²) in [6.45, 7) is 0.596. The van der Waals surface area contributed by atoms with Crippen molar-refractivity contribution in [3.8, 4) is 22.4 Å². The maximum absolute atomic E-state index is 13.1. The van der Waals surface area contributed by atoms with Crippen LogP contribution in [0, 0.1) is 0 Å². The highest BCUT2D eigenvalue weighted by atomic mass is 35.5. The van der Waals surface area contributed by atoms with E-state index in [2.05, 4.69) is 9.36 Å². The Labute approximate surface area is 232 Å². The van der Waals surface area contributed by atoms with Crippen LogP contribution < -0.4 is 0 Å². The molecule has 0 spiro atoms. The molecule has 0 amide bonds. The molecule has 39 heavy (non-hydrogen) atoms. The quantitative estimate of drug-likeness (QED) is 0.496. The second-order valence-electron chi connectivity index (χ2n) is 9.88. The molecule has 1 aromatic heterocycles. The number of aliphatic hydroxyl groups excluding tert-OH is 1. The number of hydrogen-bond donors (Lipinski definition) is 1. The smallest absolute Gasteiger partial charge is 0.195 e. The first-order valence-electron chi connectivity index (χ1n) is 12.7. The summed E-state index contributed by atoms with van der Waals surface area (Å²) in [5, 5.41) is 10.5. The molecule has 0 aliphatic carbocycles. The molecule has 0 bridgehead atoms. The number of aliphatic hydroxyl groups is 1. The lowest BCUT2D eigenvalue weighted by Gasteiger charge is -2.17. The van der Waals surface area contributed by atoms with Gasteiger partial charge in [0.15, 0.2) is 12.0 Å². The topological polar surface area (TPSA) is 106 Å². The summed E-state index contributed by atoms with van der Waals surface area (Å²) in [5.74, 6) is 0.540. The number of fused-ring (bicyclic) bond motifs is 2. The maximum atomic E-state index is 13.1. The molecule has 6 rings (SSSR count). The molecule has 3 aliphatic rings. The Morgan fingerprint density at radius 3 is 2.33 bits per heavy atom. The minimum atomic E-state index is -2.60. The van der Waals surface area contributed by atoms with Crippen LogP contribution in [-0.4, -0.2) is 83.3 Å². The standard InChI is InChI=1S/C28H29ClN4O5S/c1-30-39(35,33(2)3)19-10-8-17(9-11-19)16-4-6-18(7-5-16)26-20(29)12-21-22(32-26)13-25(31-21)38-24-15-37-27-23(34)14-36-28(24)27/h4-12,23-24,27-28,34H,13-15H2,1-3H3/t23-,24-,27-,28-,39?/m1/s1. The van der Waals surface area contributed by atoms with Crippen LogP contribution in [0.2, 0.25) is 5.02 Å². The number of aromatic nitrogens is 1. The van der Waals surface area contributed by atoms with Gasteiger partial charge in [0.1, 0.15) is 28.2 Å². The summed E-state index contributed by atoms with van der Waals surface area (Å²) < 4.78 is 36.2. The fourth-order valence-corrected chi connectivity index (χ4v) is 6.88. The normalized spacial score (nSPS) is 25.2. The van der Waals surface area contributed by atoms with Gasteiger partial charge in [0.2, 0.25) is 0 Å². The highest BCUT2D eigenvalue weighted by molar-refractivity contribution is 7.91. The molecule has 204 valence electrons. The van der Waals surface area contributed by atoms with Crippen LogP contribution >= 0.6 is 11.6 Å². The highest BCUT2D eigenvalue weighted by Crippen LogP contribution is 2.37. The third-order valence-corrected chi connectivity index (χ3v) is 9.92. The number of ether oxygens (including phenoxy) is 3. The van der Waals surface area contributed by atoms with Gasteiger partial charge in [-0.2, -0.15) is 0 Å². The van der Waals surface area contributed by atoms with Gasteiger partial charge in [0.25, 0.3) is 0 Å². The van der Waals surface area contributed by atoms with Crippen LogP contribution in [0.5, 0.6) is 0 Å². The van der Waals surface area contributed by atoms with E-state index in [9.17, 15) is 9.32 Å². The Morgan fingerprint density at radius 2 is 1.67 bits per heavy atom. The molecule has 2 saturated heterocycles. The number of hydrogen-bond acceptors (Lipinski definition) is 8. The molecular formula is C28H29ClN4O5S. The van der Waals surface area contributed by atoms with E-state index in [-0.39, 0.29) is 24.9 Å². The van der Waals surface area contributed by atoms with Crippen molar-refractivity contribution in [2.75, 3.05) is 34.4 Å². The molecule has 0 saturated carbocycles. The van der Waals surface area contributed by atoms with Gasteiger partial charge in [-0.05, 0) is 29.3 Å². The van der Waals surface area contributed by atoms with E-state index in [0.29, 0.717) is 40.2 Å². The van der Waals surface area contributed by atoms with Crippen LogP contribution in [-0.2, 0) is 30.5 Å². The van der Waals surface area contributed by atoms with Crippen LogP contribution in [0.25, 0.3) is 22.4 Å². The van der Waals surface area contributed by atoms with E-state index in [0.717, 1.165) is 22.4 Å². The maximum Gasteiger partial charge on any atom is 0.195 e. The van der Waals surface area contributed by atoms with E-state index < -0.39 is 16.0 Å². The fourth-order valence-electron chi connectivity index (χ4n) is 5.18. The third kappa shape index (κ3) is 4.75. The highest BCUT2D eigenvalue weighted by Gasteiger charge is 2.49. The lowest BCUT2D eigenvalue weighted by molar-refractivity contribution is 0.00558. The lowest BCUT2D eigenvalue weighted by atomic mass is 10.0. The number of benzene rings is 2. The minimum absolute atomic E-state index is 0.250. The first kappa shape index (κ1) is 26.4. The summed E-state index contributed by atoms with van der Waals surface area (Å²) in [4.78, 5) is 10.1. The van der Waals surface area contributed by atoms with Gasteiger partial charge in [-0.15, -0.1) is 0 Å². The van der Waals surface area contributed by atoms with Crippen LogP contribution in [0.3, 0.4) is 0 Å². The molecule has 9 nitrogen and oxygen atoms in total. The van der Waals surface area contributed by atoms with Crippen LogP contribution in [0.1, 0.15) is 5.69 Å². The summed E-state index contributed by atoms with van der Waals surface area (Å²) in [6, 6.07) is 17.4. The molecule has 3 aliphatic heterocycles. The molecule has 4 heterocycles. The number of rotatable bonds is 5. The van der Waals surface area contributed by atoms with Crippen molar-refractivity contribution in [3.63, 3.8) is 0 Å². The van der Waals surface area contributed by atoms with Crippen molar-refractivity contribution < 1.29 is 23.5 Å². The Bertz CT molecular complexity index is 1550. The van der Waals surface area contributed by atoms with Gasteiger partial charge in [-0.1, -0.05) is 48.0 Å². The van der Waals surface area contributed by atoms with Crippen molar-refractivity contribution in [3.05, 3.63) is 65.3 Å². The summed E-state index contributed by atoms with van der Waals surface area (Å²) in [7, 11) is 2.50. The predicted octanol–water partition coefficient (Wildman–Crippen LogP) is 4.13. The van der Waals surface area contributed by atoms with E-state index in [1.807, 2.05) is 54.6 Å². The van der Waals surface area contributed by atoms with Gasteiger partial charge in [-0.3, -0.25) is 0 Å². The average molecular weight is 569 g/mol. The summed E-state index contributed by atoms with van der Waals surface area (Å²) in [5.41, 5.74) is 5.06. The van der Waals surface area contributed by atoms with E-state index in [1.165, 1.54) is 0 Å². The van der Waals surface area contributed by atoms with Gasteiger partial charge >= 0.3 is 0 Å². The molecule has 0 radical (unpaired) electrons. The second kappa shape index (κ2) is 10.3. The summed E-state index contributed by atoms with van der Waals surface area (Å²) >= 11 is 6.63. The fraction of sp³-hybridized carbons (Fsp3) is 0.357. The lowest BCUT2D eigenvalue weighted by Crippen LogP contribution is -2.34. The number of nitrogens with zero attached hydrogens (tertiary/aromatic N) is 4. The summed E-state index contributed by atoms with van der Waals surface area (Å²) in [6.07, 6.45) is -1.15. The SMILES string of the molecule is CN=S(=O)(c1ccc(-c2ccc(-c3nc4c(cc3Cl)N=C(O[C@@H]3CO[C@H]5[C@@H]3OC[C@H]5O)C4)cc2)cc1)N(C)C. The zero-order chi connectivity index (χ0) is 27.3. The van der Waals surface area contributed by atoms with E-state index >= 15 is 0 Å². The Balaban J connectivity index is 1.17. The average Bonchev–Trinajstić information content (AvgIpc) is 3.64. The minimum Gasteiger partial charge on any atom is -0.472 e. The molecule has 3 aromatic rings. The van der Waals surface area contributed by atoms with Crippen molar-refractivity contribution in [1.29, 1.82) is 0 Å². The van der Waals surface area contributed by atoms with Crippen molar-refractivity contribution in [2.45, 2.75) is 35.7 Å². The van der Waals surface area contributed by atoms with Crippen molar-refractivity contribution in [2.24, 2.45) is 9.36 Å². The third-order valence-electron chi connectivity index (χ3n) is 7.26. The van der Waals surface area contributed by atoms with Gasteiger partial charge < -0.3 is 19.3 Å². The second-order valence-corrected chi connectivity index (χ2v) is 12.8. The monoisotopic (exact) mass is 568 g/mol. The molecule has 2 fully saturated rings. The van der Waals surface area contributed by atoms with Gasteiger partial charge in [0, 0.05) is 26.7 Å². The first-order valence-corrected chi connectivity index (χ1v) is 14.5. The zero-order valence-corrected chi connectivity index (χ0v) is 23.4. The zero-order valence-electron chi connectivity index (χ0n) is 21.8. The van der Waals surface area contributed by atoms with E-state index in [1.54, 1.807) is 25.4 Å². The van der Waals surface area contributed by atoms with Crippen LogP contribution in [0.4, 0.5) is 5.69 Å². The first-order chi connectivity index (χ1) is 18.8. The molecule has 1 unspecified atom stereocenters. The Morgan fingerprint density at radius 1 is 1.03 bits per heavy atom.